The van der Waals surface area contributed by atoms with Crippen molar-refractivity contribution in [1.82, 2.24) is 14.3 Å². The van der Waals surface area contributed by atoms with Gasteiger partial charge in [0.05, 0.1) is 12.8 Å². The molecule has 5 heteroatoms. The summed E-state index contributed by atoms with van der Waals surface area (Å²) < 4.78 is 9.18. The normalized spacial score (nSPS) is 11.2. The van der Waals surface area contributed by atoms with Gasteiger partial charge < -0.3 is 15.0 Å². The van der Waals surface area contributed by atoms with Gasteiger partial charge in [0.2, 0.25) is 0 Å². The highest BCUT2D eigenvalue weighted by molar-refractivity contribution is 5.98. The van der Waals surface area contributed by atoms with Crippen LogP contribution < -0.4 is 10.5 Å². The zero-order valence-corrected chi connectivity index (χ0v) is 12.1. The van der Waals surface area contributed by atoms with Gasteiger partial charge >= 0.3 is 0 Å². The molecule has 1 aromatic carbocycles. The number of hydrogen-bond donors (Lipinski definition) is 1. The number of aryl methyl sites for hydroxylation is 2. The summed E-state index contributed by atoms with van der Waals surface area (Å²) in [5, 5.41) is 5.63. The maximum Gasteiger partial charge on any atom is 0.121 e. The summed E-state index contributed by atoms with van der Waals surface area (Å²) in [7, 11) is 5.58. The van der Waals surface area contributed by atoms with E-state index in [1.54, 1.807) is 11.8 Å². The molecule has 0 amide bonds. The zero-order chi connectivity index (χ0) is 14.4. The SMILES string of the molecule is COc1ccc2c(c1)c(-c1cc(N)n(C)n1)c(C)n2C. The van der Waals surface area contributed by atoms with Crippen molar-refractivity contribution in [2.24, 2.45) is 14.1 Å². The van der Waals surface area contributed by atoms with Crippen LogP contribution in [-0.2, 0) is 14.1 Å². The number of fused-ring (bicyclic) bond motifs is 1. The average Bonchev–Trinajstić information content (AvgIpc) is 2.88. The molecule has 0 spiro atoms. The van der Waals surface area contributed by atoms with Gasteiger partial charge in [0, 0.05) is 42.3 Å². The third-order valence-corrected chi connectivity index (χ3v) is 3.87. The summed E-state index contributed by atoms with van der Waals surface area (Å²) in [4.78, 5) is 0. The molecule has 0 aliphatic rings. The van der Waals surface area contributed by atoms with Crippen LogP contribution in [0.1, 0.15) is 5.69 Å². The maximum atomic E-state index is 5.90. The minimum atomic E-state index is 0.652. The van der Waals surface area contributed by atoms with Crippen LogP contribution >= 0.6 is 0 Å². The summed E-state index contributed by atoms with van der Waals surface area (Å²) in [6, 6.07) is 7.99. The van der Waals surface area contributed by atoms with Crippen molar-refractivity contribution in [2.75, 3.05) is 12.8 Å². The number of aromatic nitrogens is 3. The molecule has 3 rings (SSSR count). The Morgan fingerprint density at radius 3 is 2.55 bits per heavy atom. The first-order valence-corrected chi connectivity index (χ1v) is 6.46. The lowest BCUT2D eigenvalue weighted by Crippen LogP contribution is -1.96. The van der Waals surface area contributed by atoms with Gasteiger partial charge in [-0.05, 0) is 25.1 Å². The largest absolute Gasteiger partial charge is 0.497 e. The summed E-state index contributed by atoms with van der Waals surface area (Å²) in [6.07, 6.45) is 0. The van der Waals surface area contributed by atoms with Gasteiger partial charge in [-0.15, -0.1) is 0 Å². The number of hydrogen-bond acceptors (Lipinski definition) is 3. The van der Waals surface area contributed by atoms with E-state index in [2.05, 4.69) is 29.7 Å². The third-order valence-electron chi connectivity index (χ3n) is 3.87. The van der Waals surface area contributed by atoms with Gasteiger partial charge in [-0.25, -0.2) is 0 Å². The van der Waals surface area contributed by atoms with Crippen LogP contribution in [0.25, 0.3) is 22.2 Å². The van der Waals surface area contributed by atoms with Gasteiger partial charge in [-0.1, -0.05) is 0 Å². The van der Waals surface area contributed by atoms with Gasteiger partial charge in [0.25, 0.3) is 0 Å². The third kappa shape index (κ3) is 1.66. The Bertz CT molecular complexity index is 778. The molecule has 2 aromatic heterocycles. The Balaban J connectivity index is 2.36. The predicted octanol–water partition coefficient (Wildman–Crippen LogP) is 2.48. The van der Waals surface area contributed by atoms with E-state index in [-0.39, 0.29) is 0 Å². The molecule has 0 aliphatic heterocycles. The second-order valence-corrected chi connectivity index (χ2v) is 4.98. The van der Waals surface area contributed by atoms with Crippen molar-refractivity contribution >= 4 is 16.7 Å². The number of nitrogens with two attached hydrogens (primary N) is 1. The van der Waals surface area contributed by atoms with E-state index in [9.17, 15) is 0 Å². The van der Waals surface area contributed by atoms with E-state index in [0.717, 1.165) is 33.6 Å². The first-order chi connectivity index (χ1) is 9.52. The molecule has 3 aromatic rings. The lowest BCUT2D eigenvalue weighted by Gasteiger charge is -2.01. The van der Waals surface area contributed by atoms with E-state index >= 15 is 0 Å². The van der Waals surface area contributed by atoms with E-state index in [1.807, 2.05) is 25.2 Å². The fourth-order valence-electron chi connectivity index (χ4n) is 2.61. The molecular formula is C15H18N4O. The Morgan fingerprint density at radius 2 is 1.95 bits per heavy atom. The Labute approximate surface area is 117 Å². The molecule has 2 N–H and O–H groups in total. The number of benzene rings is 1. The molecule has 0 bridgehead atoms. The summed E-state index contributed by atoms with van der Waals surface area (Å²) in [5.74, 6) is 1.49. The fourth-order valence-corrected chi connectivity index (χ4v) is 2.61. The summed E-state index contributed by atoms with van der Waals surface area (Å²) in [5.41, 5.74) is 10.2. The molecule has 20 heavy (non-hydrogen) atoms. The summed E-state index contributed by atoms with van der Waals surface area (Å²) in [6.45, 7) is 2.09. The Kier molecular flexibility index (Phi) is 2.71. The number of anilines is 1. The Hall–Kier alpha value is -2.43. The smallest absolute Gasteiger partial charge is 0.121 e. The van der Waals surface area contributed by atoms with Crippen LogP contribution in [0.3, 0.4) is 0 Å². The second-order valence-electron chi connectivity index (χ2n) is 4.98. The molecule has 104 valence electrons. The molecular weight excluding hydrogens is 252 g/mol. The number of nitrogen functional groups attached to an aromatic ring is 1. The van der Waals surface area contributed by atoms with Crippen molar-refractivity contribution in [1.29, 1.82) is 0 Å². The first-order valence-electron chi connectivity index (χ1n) is 6.46. The highest BCUT2D eigenvalue weighted by Gasteiger charge is 2.17. The van der Waals surface area contributed by atoms with Gasteiger partial charge in [0.1, 0.15) is 11.6 Å². The van der Waals surface area contributed by atoms with Crippen LogP contribution in [0.5, 0.6) is 5.75 Å². The molecule has 0 saturated carbocycles. The molecule has 0 unspecified atom stereocenters. The zero-order valence-electron chi connectivity index (χ0n) is 12.1. The molecule has 0 radical (unpaired) electrons. The second kappa shape index (κ2) is 4.30. The number of nitrogens with zero attached hydrogens (tertiary/aromatic N) is 3. The molecule has 0 aliphatic carbocycles. The highest BCUT2D eigenvalue weighted by atomic mass is 16.5. The quantitative estimate of drug-likeness (QED) is 0.778. The predicted molar refractivity (Wildman–Crippen MR) is 80.8 cm³/mol. The minimum absolute atomic E-state index is 0.652. The van der Waals surface area contributed by atoms with Crippen molar-refractivity contribution in [3.63, 3.8) is 0 Å². The van der Waals surface area contributed by atoms with Crippen LogP contribution in [-0.4, -0.2) is 21.5 Å². The van der Waals surface area contributed by atoms with Crippen molar-refractivity contribution in [3.8, 4) is 17.0 Å². The number of methoxy groups -OCH3 is 1. The standard InChI is InChI=1S/C15H18N4O/c1-9-15(12-8-14(16)19(3)17-12)11-7-10(20-4)5-6-13(11)18(9)2/h5-8H,16H2,1-4H3. The topological polar surface area (TPSA) is 58.0 Å². The lowest BCUT2D eigenvalue weighted by molar-refractivity contribution is 0.415. The molecule has 0 saturated heterocycles. The summed E-state index contributed by atoms with van der Waals surface area (Å²) >= 11 is 0. The van der Waals surface area contributed by atoms with Crippen molar-refractivity contribution in [3.05, 3.63) is 30.0 Å². The van der Waals surface area contributed by atoms with E-state index in [0.29, 0.717) is 5.82 Å². The monoisotopic (exact) mass is 270 g/mol. The van der Waals surface area contributed by atoms with Gasteiger partial charge in [-0.3, -0.25) is 4.68 Å². The fraction of sp³-hybridized carbons (Fsp3) is 0.267. The van der Waals surface area contributed by atoms with E-state index in [4.69, 9.17) is 10.5 Å². The first kappa shape index (κ1) is 12.6. The molecule has 0 atom stereocenters. The maximum absolute atomic E-state index is 5.90. The van der Waals surface area contributed by atoms with E-state index in [1.165, 1.54) is 0 Å². The van der Waals surface area contributed by atoms with Crippen LogP contribution in [0, 0.1) is 6.92 Å². The lowest BCUT2D eigenvalue weighted by atomic mass is 10.1. The molecule has 0 fully saturated rings. The average molecular weight is 270 g/mol. The molecule has 2 heterocycles. The number of ether oxygens (including phenoxy) is 1. The highest BCUT2D eigenvalue weighted by Crippen LogP contribution is 2.35. The molecule has 5 nitrogen and oxygen atoms in total. The van der Waals surface area contributed by atoms with Gasteiger partial charge in [-0.2, -0.15) is 5.10 Å². The van der Waals surface area contributed by atoms with Crippen LogP contribution in [0.15, 0.2) is 24.3 Å². The number of rotatable bonds is 2. The van der Waals surface area contributed by atoms with Crippen LogP contribution in [0.4, 0.5) is 5.82 Å². The van der Waals surface area contributed by atoms with Crippen LogP contribution in [0.2, 0.25) is 0 Å². The van der Waals surface area contributed by atoms with Gasteiger partial charge in [0.15, 0.2) is 0 Å². The minimum Gasteiger partial charge on any atom is -0.497 e. The van der Waals surface area contributed by atoms with E-state index < -0.39 is 0 Å². The Morgan fingerprint density at radius 1 is 1.20 bits per heavy atom. The van der Waals surface area contributed by atoms with Crippen molar-refractivity contribution < 1.29 is 4.74 Å². The van der Waals surface area contributed by atoms with Crippen molar-refractivity contribution in [2.45, 2.75) is 6.92 Å².